The molecular formula is C30H39N7O3. The van der Waals surface area contributed by atoms with Gasteiger partial charge in [0.1, 0.15) is 22.3 Å². The van der Waals surface area contributed by atoms with E-state index in [0.717, 1.165) is 42.9 Å². The Hall–Kier alpha value is -3.76. The quantitative estimate of drug-likeness (QED) is 0.344. The van der Waals surface area contributed by atoms with Crippen LogP contribution in [0.25, 0.3) is 16.9 Å². The number of likely N-dealkylation sites (tertiary alicyclic amines) is 1. The average molecular weight is 546 g/mol. The number of hydrogen-bond acceptors (Lipinski definition) is 8. The van der Waals surface area contributed by atoms with Crippen LogP contribution in [-0.4, -0.2) is 60.1 Å². The number of nitrogens with one attached hydrogen (secondary N) is 1. The first-order chi connectivity index (χ1) is 18.8. The van der Waals surface area contributed by atoms with Crippen LogP contribution in [0.1, 0.15) is 64.8 Å². The van der Waals surface area contributed by atoms with E-state index in [-0.39, 0.29) is 17.2 Å². The van der Waals surface area contributed by atoms with Crippen LogP contribution in [0.2, 0.25) is 0 Å². The minimum Gasteiger partial charge on any atom is -0.487 e. The van der Waals surface area contributed by atoms with Crippen LogP contribution in [-0.2, 0) is 5.60 Å². The second-order valence-electron chi connectivity index (χ2n) is 11.9. The third-order valence-electron chi connectivity index (χ3n) is 7.52. The van der Waals surface area contributed by atoms with E-state index >= 15 is 0 Å². The van der Waals surface area contributed by atoms with Gasteiger partial charge in [-0.2, -0.15) is 4.98 Å². The summed E-state index contributed by atoms with van der Waals surface area (Å²) in [7, 11) is 2.14. The van der Waals surface area contributed by atoms with Crippen LogP contribution < -0.4 is 15.6 Å². The monoisotopic (exact) mass is 545 g/mol. The molecule has 212 valence electrons. The molecule has 0 bridgehead atoms. The molecule has 0 amide bonds. The Morgan fingerprint density at radius 1 is 1.12 bits per heavy atom. The number of ether oxygens (including phenoxy) is 1. The van der Waals surface area contributed by atoms with Gasteiger partial charge >= 0.3 is 0 Å². The average Bonchev–Trinajstić information content (AvgIpc) is 3.19. The Kier molecular flexibility index (Phi) is 7.18. The maximum absolute atomic E-state index is 13.4. The molecule has 4 aromatic rings. The molecule has 1 aliphatic rings. The number of aromatic nitrogens is 5. The van der Waals surface area contributed by atoms with Gasteiger partial charge in [0.15, 0.2) is 11.5 Å². The highest BCUT2D eigenvalue weighted by Gasteiger charge is 2.31. The first-order valence-electron chi connectivity index (χ1n) is 13.8. The smallest absolute Gasteiger partial charge is 0.278 e. The molecule has 3 aromatic heterocycles. The van der Waals surface area contributed by atoms with Crippen LogP contribution in [0.5, 0.6) is 5.75 Å². The lowest BCUT2D eigenvalue weighted by molar-refractivity contribution is 0.0235. The highest BCUT2D eigenvalue weighted by Crippen LogP contribution is 2.32. The first kappa shape index (κ1) is 27.8. The molecule has 2 N–H and O–H groups in total. The Balaban J connectivity index is 1.48. The van der Waals surface area contributed by atoms with Gasteiger partial charge in [0, 0.05) is 31.0 Å². The van der Waals surface area contributed by atoms with Gasteiger partial charge in [-0.25, -0.2) is 19.3 Å². The van der Waals surface area contributed by atoms with Crippen molar-refractivity contribution in [2.45, 2.75) is 71.6 Å². The Morgan fingerprint density at radius 2 is 1.85 bits per heavy atom. The molecule has 0 radical (unpaired) electrons. The lowest BCUT2D eigenvalue weighted by Gasteiger charge is -2.38. The van der Waals surface area contributed by atoms with E-state index in [9.17, 15) is 9.90 Å². The van der Waals surface area contributed by atoms with Crippen LogP contribution in [0, 0.1) is 6.92 Å². The van der Waals surface area contributed by atoms with E-state index in [2.05, 4.69) is 34.2 Å². The largest absolute Gasteiger partial charge is 0.487 e. The van der Waals surface area contributed by atoms with Gasteiger partial charge in [-0.05, 0) is 97.3 Å². The van der Waals surface area contributed by atoms with E-state index in [1.807, 2.05) is 45.0 Å². The standard InChI is InChI=1S/C30H39N7O3/c1-19(2)36-27(38)22-18-31-28(34-26(22)37(36)25-10-8-9-24(33-25)29(4,5)39)32-21-11-12-23(20(3)17-21)40-30(6)13-15-35(7)16-14-30/h8-12,17-19,39H,13-16H2,1-7H3,(H,31,32,34). The molecule has 40 heavy (non-hydrogen) atoms. The zero-order valence-corrected chi connectivity index (χ0v) is 24.4. The van der Waals surface area contributed by atoms with Crippen LogP contribution in [0.15, 0.2) is 47.4 Å². The number of pyridine rings is 1. The van der Waals surface area contributed by atoms with Gasteiger partial charge in [0.2, 0.25) is 5.95 Å². The van der Waals surface area contributed by atoms with E-state index in [4.69, 9.17) is 9.72 Å². The SMILES string of the molecule is Cc1cc(Nc2ncc3c(=O)n(C(C)C)n(-c4cccc(C(C)(C)O)n4)c3n2)ccc1OC1(C)CCN(C)CC1. The third kappa shape index (κ3) is 5.46. The molecule has 0 spiro atoms. The highest BCUT2D eigenvalue weighted by atomic mass is 16.5. The van der Waals surface area contributed by atoms with Gasteiger partial charge in [-0.15, -0.1) is 0 Å². The summed E-state index contributed by atoms with van der Waals surface area (Å²) >= 11 is 0. The fourth-order valence-electron chi connectivity index (χ4n) is 5.06. The summed E-state index contributed by atoms with van der Waals surface area (Å²) in [5.41, 5.74) is 1.25. The summed E-state index contributed by atoms with van der Waals surface area (Å²) in [4.78, 5) is 29.5. The summed E-state index contributed by atoms with van der Waals surface area (Å²) in [6.45, 7) is 13.5. The summed E-state index contributed by atoms with van der Waals surface area (Å²) in [5.74, 6) is 1.72. The van der Waals surface area contributed by atoms with Crippen molar-refractivity contribution in [2.75, 3.05) is 25.5 Å². The molecular weight excluding hydrogens is 506 g/mol. The lowest BCUT2D eigenvalue weighted by atomic mass is 9.93. The number of aryl methyl sites for hydroxylation is 1. The third-order valence-corrected chi connectivity index (χ3v) is 7.52. The van der Waals surface area contributed by atoms with Crippen molar-refractivity contribution in [2.24, 2.45) is 0 Å². The predicted octanol–water partition coefficient (Wildman–Crippen LogP) is 4.70. The van der Waals surface area contributed by atoms with Crippen LogP contribution >= 0.6 is 0 Å². The van der Waals surface area contributed by atoms with Crippen molar-refractivity contribution in [3.63, 3.8) is 0 Å². The summed E-state index contributed by atoms with van der Waals surface area (Å²) in [6.07, 6.45) is 3.53. The van der Waals surface area contributed by atoms with Crippen molar-refractivity contribution in [3.05, 3.63) is 64.2 Å². The maximum atomic E-state index is 13.4. The van der Waals surface area contributed by atoms with E-state index in [1.165, 1.54) is 0 Å². The second-order valence-corrected chi connectivity index (χ2v) is 11.9. The van der Waals surface area contributed by atoms with E-state index < -0.39 is 5.60 Å². The Bertz CT molecular complexity index is 1590. The molecule has 10 nitrogen and oxygen atoms in total. The molecule has 5 rings (SSSR count). The zero-order valence-electron chi connectivity index (χ0n) is 24.4. The predicted molar refractivity (Wildman–Crippen MR) is 157 cm³/mol. The topological polar surface area (TPSA) is 110 Å². The lowest BCUT2D eigenvalue weighted by Crippen LogP contribution is -2.44. The molecule has 4 heterocycles. The van der Waals surface area contributed by atoms with Gasteiger partial charge in [0.05, 0.1) is 5.69 Å². The van der Waals surface area contributed by atoms with E-state index in [0.29, 0.717) is 28.5 Å². The number of piperidine rings is 1. The number of hydrogen-bond donors (Lipinski definition) is 2. The van der Waals surface area contributed by atoms with E-state index in [1.54, 1.807) is 41.5 Å². The number of aliphatic hydroxyl groups is 1. The Morgan fingerprint density at radius 3 is 2.50 bits per heavy atom. The molecule has 1 saturated heterocycles. The van der Waals surface area contributed by atoms with Gasteiger partial charge in [-0.3, -0.25) is 4.79 Å². The fraction of sp³-hybridized carbons (Fsp3) is 0.467. The van der Waals surface area contributed by atoms with Crippen molar-refractivity contribution in [1.82, 2.24) is 29.2 Å². The number of rotatable bonds is 7. The zero-order chi connectivity index (χ0) is 28.8. The first-order valence-corrected chi connectivity index (χ1v) is 13.8. The second kappa shape index (κ2) is 10.3. The maximum Gasteiger partial charge on any atom is 0.278 e. The molecule has 1 fully saturated rings. The minimum absolute atomic E-state index is 0.160. The molecule has 1 aromatic carbocycles. The Labute approximate surface area is 234 Å². The molecule has 1 aliphatic heterocycles. The van der Waals surface area contributed by atoms with Crippen LogP contribution in [0.4, 0.5) is 11.6 Å². The number of benzene rings is 1. The summed E-state index contributed by atoms with van der Waals surface area (Å²) < 4.78 is 9.78. The van der Waals surface area contributed by atoms with Crippen molar-refractivity contribution in [3.8, 4) is 11.6 Å². The number of anilines is 2. The van der Waals surface area contributed by atoms with Gasteiger partial charge in [-0.1, -0.05) is 6.07 Å². The molecule has 0 saturated carbocycles. The molecule has 0 aliphatic carbocycles. The van der Waals surface area contributed by atoms with Crippen molar-refractivity contribution >= 4 is 22.7 Å². The minimum atomic E-state index is -1.14. The fourth-order valence-corrected chi connectivity index (χ4v) is 5.06. The van der Waals surface area contributed by atoms with Gasteiger partial charge < -0.3 is 20.1 Å². The number of nitrogens with zero attached hydrogens (tertiary/aromatic N) is 6. The summed E-state index contributed by atoms with van der Waals surface area (Å²) in [5, 5.41) is 14.2. The number of fused-ring (bicyclic) bond motifs is 1. The normalized spacial score (nSPS) is 16.0. The molecule has 0 atom stereocenters. The van der Waals surface area contributed by atoms with Crippen LogP contribution in [0.3, 0.4) is 0 Å². The highest BCUT2D eigenvalue weighted by molar-refractivity contribution is 5.77. The molecule has 10 heteroatoms. The van der Waals surface area contributed by atoms with Crippen molar-refractivity contribution in [1.29, 1.82) is 0 Å². The van der Waals surface area contributed by atoms with Crippen molar-refractivity contribution < 1.29 is 9.84 Å². The van der Waals surface area contributed by atoms with Gasteiger partial charge in [0.25, 0.3) is 5.56 Å². The summed E-state index contributed by atoms with van der Waals surface area (Å²) in [6, 6.07) is 11.2. The molecule has 0 unspecified atom stereocenters.